The van der Waals surface area contributed by atoms with Gasteiger partial charge in [0.15, 0.2) is 0 Å². The molecular formula is C15H32N2. The molecule has 0 aliphatic heterocycles. The molecule has 17 heavy (non-hydrogen) atoms. The molecule has 0 bridgehead atoms. The summed E-state index contributed by atoms with van der Waals surface area (Å²) in [6.45, 7) is 9.18. The summed E-state index contributed by atoms with van der Waals surface area (Å²) in [7, 11) is 2.30. The van der Waals surface area contributed by atoms with E-state index < -0.39 is 0 Å². The highest BCUT2D eigenvalue weighted by Crippen LogP contribution is 2.23. The second-order valence-electron chi connectivity index (χ2n) is 6.66. The van der Waals surface area contributed by atoms with Crippen LogP contribution < -0.4 is 5.32 Å². The molecule has 2 heteroatoms. The molecule has 102 valence electrons. The van der Waals surface area contributed by atoms with Gasteiger partial charge in [0.25, 0.3) is 0 Å². The molecule has 1 fully saturated rings. The minimum absolute atomic E-state index is 0.282. The van der Waals surface area contributed by atoms with E-state index in [2.05, 4.69) is 38.0 Å². The van der Waals surface area contributed by atoms with Gasteiger partial charge in [-0.3, -0.25) is 0 Å². The maximum absolute atomic E-state index is 3.55. The van der Waals surface area contributed by atoms with Gasteiger partial charge in [0, 0.05) is 11.6 Å². The maximum Gasteiger partial charge on any atom is 0.00965 e. The second kappa shape index (κ2) is 7.38. The van der Waals surface area contributed by atoms with E-state index >= 15 is 0 Å². The summed E-state index contributed by atoms with van der Waals surface area (Å²) in [6.07, 6.45) is 9.79. The van der Waals surface area contributed by atoms with Crippen molar-refractivity contribution < 1.29 is 0 Å². The van der Waals surface area contributed by atoms with Gasteiger partial charge >= 0.3 is 0 Å². The highest BCUT2D eigenvalue weighted by atomic mass is 15.1. The van der Waals surface area contributed by atoms with Crippen LogP contribution in [0.1, 0.15) is 65.7 Å². The quantitative estimate of drug-likeness (QED) is 0.654. The van der Waals surface area contributed by atoms with Crippen LogP contribution in [0.15, 0.2) is 0 Å². The van der Waals surface area contributed by atoms with E-state index in [4.69, 9.17) is 0 Å². The SMILES string of the molecule is CN(CCCCCCNC(C)(C)C)C1CCC1. The van der Waals surface area contributed by atoms with Crippen molar-refractivity contribution in [1.29, 1.82) is 0 Å². The average Bonchev–Trinajstić information content (AvgIpc) is 2.11. The van der Waals surface area contributed by atoms with Crippen molar-refractivity contribution in [3.8, 4) is 0 Å². The van der Waals surface area contributed by atoms with Crippen LogP contribution in [0.3, 0.4) is 0 Å². The van der Waals surface area contributed by atoms with E-state index in [1.54, 1.807) is 0 Å². The topological polar surface area (TPSA) is 15.3 Å². The lowest BCUT2D eigenvalue weighted by atomic mass is 9.92. The molecule has 1 N–H and O–H groups in total. The van der Waals surface area contributed by atoms with E-state index in [0.29, 0.717) is 0 Å². The minimum atomic E-state index is 0.282. The third-order valence-electron chi connectivity index (χ3n) is 3.79. The summed E-state index contributed by atoms with van der Waals surface area (Å²) in [5.41, 5.74) is 0.282. The fourth-order valence-corrected chi connectivity index (χ4v) is 2.31. The third-order valence-corrected chi connectivity index (χ3v) is 3.79. The monoisotopic (exact) mass is 240 g/mol. The first-order valence-electron chi connectivity index (χ1n) is 7.44. The van der Waals surface area contributed by atoms with Crippen molar-refractivity contribution in [1.82, 2.24) is 10.2 Å². The van der Waals surface area contributed by atoms with Gasteiger partial charge in [-0.2, -0.15) is 0 Å². The van der Waals surface area contributed by atoms with Gasteiger partial charge in [0.2, 0.25) is 0 Å². The lowest BCUT2D eigenvalue weighted by Crippen LogP contribution is -2.37. The van der Waals surface area contributed by atoms with Crippen LogP contribution in [0.2, 0.25) is 0 Å². The molecule has 0 spiro atoms. The number of hydrogen-bond donors (Lipinski definition) is 1. The standard InChI is InChI=1S/C15H32N2/c1-15(2,3)16-12-7-5-6-8-13-17(4)14-10-9-11-14/h14,16H,5-13H2,1-4H3. The van der Waals surface area contributed by atoms with Crippen molar-refractivity contribution in [3.63, 3.8) is 0 Å². The molecule has 0 atom stereocenters. The van der Waals surface area contributed by atoms with Crippen LogP contribution in [0.4, 0.5) is 0 Å². The molecule has 0 heterocycles. The second-order valence-corrected chi connectivity index (χ2v) is 6.66. The summed E-state index contributed by atoms with van der Waals surface area (Å²) < 4.78 is 0. The van der Waals surface area contributed by atoms with E-state index in [1.807, 2.05) is 0 Å². The number of unbranched alkanes of at least 4 members (excludes halogenated alkanes) is 3. The van der Waals surface area contributed by atoms with Crippen LogP contribution >= 0.6 is 0 Å². The van der Waals surface area contributed by atoms with Gasteiger partial charge in [0.1, 0.15) is 0 Å². The smallest absolute Gasteiger partial charge is 0.00965 e. The first kappa shape index (κ1) is 15.0. The molecule has 0 aromatic carbocycles. The first-order chi connectivity index (χ1) is 7.99. The first-order valence-corrected chi connectivity index (χ1v) is 7.44. The van der Waals surface area contributed by atoms with Crippen LogP contribution in [-0.2, 0) is 0 Å². The highest BCUT2D eigenvalue weighted by molar-refractivity contribution is 4.77. The average molecular weight is 240 g/mol. The molecule has 0 aromatic rings. The fraction of sp³-hybridized carbons (Fsp3) is 1.00. The summed E-state index contributed by atoms with van der Waals surface area (Å²) in [5, 5.41) is 3.55. The zero-order chi connectivity index (χ0) is 12.7. The van der Waals surface area contributed by atoms with Crippen LogP contribution in [-0.4, -0.2) is 36.6 Å². The predicted octanol–water partition coefficient (Wildman–Crippen LogP) is 3.42. The van der Waals surface area contributed by atoms with Gasteiger partial charge in [-0.05, 0) is 66.6 Å². The van der Waals surface area contributed by atoms with Gasteiger partial charge in [-0.1, -0.05) is 19.3 Å². The van der Waals surface area contributed by atoms with Crippen LogP contribution in [0, 0.1) is 0 Å². The largest absolute Gasteiger partial charge is 0.312 e. The van der Waals surface area contributed by atoms with Crippen LogP contribution in [0.25, 0.3) is 0 Å². The summed E-state index contributed by atoms with van der Waals surface area (Å²) in [6, 6.07) is 0.914. The van der Waals surface area contributed by atoms with Gasteiger partial charge in [-0.15, -0.1) is 0 Å². The molecule has 0 aromatic heterocycles. The van der Waals surface area contributed by atoms with Gasteiger partial charge in [0.05, 0.1) is 0 Å². The fourth-order valence-electron chi connectivity index (χ4n) is 2.31. The van der Waals surface area contributed by atoms with Crippen molar-refractivity contribution in [2.75, 3.05) is 20.1 Å². The molecule has 0 radical (unpaired) electrons. The Balaban J connectivity index is 1.84. The zero-order valence-corrected chi connectivity index (χ0v) is 12.4. The molecule has 0 amide bonds. The van der Waals surface area contributed by atoms with E-state index in [9.17, 15) is 0 Å². The van der Waals surface area contributed by atoms with Gasteiger partial charge < -0.3 is 10.2 Å². The molecule has 0 saturated heterocycles. The molecule has 1 aliphatic carbocycles. The van der Waals surface area contributed by atoms with Gasteiger partial charge in [-0.25, -0.2) is 0 Å². The predicted molar refractivity (Wildman–Crippen MR) is 76.5 cm³/mol. The number of hydrogen-bond acceptors (Lipinski definition) is 2. The lowest BCUT2D eigenvalue weighted by molar-refractivity contribution is 0.157. The molecule has 2 nitrogen and oxygen atoms in total. The van der Waals surface area contributed by atoms with Crippen molar-refractivity contribution in [2.45, 2.75) is 77.3 Å². The molecule has 1 saturated carbocycles. The Morgan fingerprint density at radius 3 is 2.24 bits per heavy atom. The van der Waals surface area contributed by atoms with E-state index in [0.717, 1.165) is 6.04 Å². The Kier molecular flexibility index (Phi) is 6.50. The summed E-state index contributed by atoms with van der Waals surface area (Å²) >= 11 is 0. The van der Waals surface area contributed by atoms with E-state index in [1.165, 1.54) is 58.0 Å². The molecule has 1 rings (SSSR count). The lowest BCUT2D eigenvalue weighted by Gasteiger charge is -2.34. The third kappa shape index (κ3) is 7.05. The Labute approximate surface area is 108 Å². The number of nitrogens with zero attached hydrogens (tertiary/aromatic N) is 1. The zero-order valence-electron chi connectivity index (χ0n) is 12.4. The normalized spacial score (nSPS) is 17.5. The Morgan fingerprint density at radius 1 is 1.06 bits per heavy atom. The summed E-state index contributed by atoms with van der Waals surface area (Å²) in [4.78, 5) is 2.57. The minimum Gasteiger partial charge on any atom is -0.312 e. The highest BCUT2D eigenvalue weighted by Gasteiger charge is 2.20. The van der Waals surface area contributed by atoms with Crippen molar-refractivity contribution >= 4 is 0 Å². The number of rotatable bonds is 8. The van der Waals surface area contributed by atoms with Crippen molar-refractivity contribution in [2.24, 2.45) is 0 Å². The maximum atomic E-state index is 3.55. The number of nitrogens with one attached hydrogen (secondary N) is 1. The Morgan fingerprint density at radius 2 is 1.71 bits per heavy atom. The van der Waals surface area contributed by atoms with Crippen LogP contribution in [0.5, 0.6) is 0 Å². The Hall–Kier alpha value is -0.0800. The molecule has 0 unspecified atom stereocenters. The summed E-state index contributed by atoms with van der Waals surface area (Å²) in [5.74, 6) is 0. The van der Waals surface area contributed by atoms with E-state index in [-0.39, 0.29) is 5.54 Å². The van der Waals surface area contributed by atoms with Crippen molar-refractivity contribution in [3.05, 3.63) is 0 Å². The molecular weight excluding hydrogens is 208 g/mol. The Bertz CT molecular complexity index is 192. The molecule has 1 aliphatic rings.